The van der Waals surface area contributed by atoms with Crippen molar-refractivity contribution in [3.63, 3.8) is 0 Å². The minimum Gasteiger partial charge on any atom is -0.456 e. The van der Waals surface area contributed by atoms with Gasteiger partial charge >= 0.3 is 6.03 Å². The van der Waals surface area contributed by atoms with Crippen molar-refractivity contribution < 1.29 is 22.3 Å². The lowest BCUT2D eigenvalue weighted by Gasteiger charge is -2.21. The second kappa shape index (κ2) is 7.63. The quantitative estimate of drug-likeness (QED) is 0.831. The van der Waals surface area contributed by atoms with Gasteiger partial charge in [0.25, 0.3) is 10.0 Å². The van der Waals surface area contributed by atoms with E-state index in [1.807, 2.05) is 10.8 Å². The van der Waals surface area contributed by atoms with Crippen LogP contribution in [0.3, 0.4) is 0 Å². The molecule has 27 heavy (non-hydrogen) atoms. The highest BCUT2D eigenvalue weighted by molar-refractivity contribution is 7.90. The maximum atomic E-state index is 13.0. The largest absolute Gasteiger partial charge is 0.456 e. The monoisotopic (exact) mass is 391 g/mol. The van der Waals surface area contributed by atoms with Gasteiger partial charge in [0.2, 0.25) is 0 Å². The molecule has 0 aliphatic carbocycles. The molecule has 2 aromatic rings. The first-order chi connectivity index (χ1) is 12.5. The number of sulfonamides is 1. The third-order valence-electron chi connectivity index (χ3n) is 3.12. The Morgan fingerprint density at radius 2 is 1.78 bits per heavy atom. The van der Waals surface area contributed by atoms with Crippen molar-refractivity contribution in [2.45, 2.75) is 31.2 Å². The van der Waals surface area contributed by atoms with Gasteiger partial charge in [0.1, 0.15) is 22.2 Å². The van der Waals surface area contributed by atoms with Crippen LogP contribution in [0.1, 0.15) is 26.3 Å². The van der Waals surface area contributed by atoms with Gasteiger partial charge < -0.3 is 10.1 Å². The Morgan fingerprint density at radius 1 is 1.15 bits per heavy atom. The van der Waals surface area contributed by atoms with Crippen LogP contribution in [0.25, 0.3) is 0 Å². The maximum absolute atomic E-state index is 13.0. The van der Waals surface area contributed by atoms with Gasteiger partial charge in [0.05, 0.1) is 11.6 Å². The number of halogens is 1. The summed E-state index contributed by atoms with van der Waals surface area (Å²) in [6.07, 6.45) is 0. The van der Waals surface area contributed by atoms with E-state index in [1.165, 1.54) is 24.3 Å². The molecule has 2 amide bonds. The Kier molecular flexibility index (Phi) is 5.71. The molecule has 0 unspecified atom stereocenters. The number of hydrogen-bond donors (Lipinski definition) is 2. The normalized spacial score (nSPS) is 11.4. The molecule has 0 atom stereocenters. The number of rotatable bonds is 4. The van der Waals surface area contributed by atoms with Crippen molar-refractivity contribution in [3.8, 4) is 17.6 Å². The van der Waals surface area contributed by atoms with Crippen molar-refractivity contribution >= 4 is 16.1 Å². The number of carbonyl (C=O) groups excluding carboxylic acids is 1. The minimum absolute atomic E-state index is 0.0676. The molecule has 142 valence electrons. The van der Waals surface area contributed by atoms with Crippen molar-refractivity contribution in [2.24, 2.45) is 0 Å². The van der Waals surface area contributed by atoms with Crippen LogP contribution in [0.2, 0.25) is 0 Å². The molecule has 2 N–H and O–H groups in total. The summed E-state index contributed by atoms with van der Waals surface area (Å²) in [6.45, 7) is 5.08. The van der Waals surface area contributed by atoms with E-state index in [4.69, 9.17) is 10.00 Å². The van der Waals surface area contributed by atoms with Gasteiger partial charge in [-0.05, 0) is 63.2 Å². The molecule has 7 nitrogen and oxygen atoms in total. The molecule has 0 saturated heterocycles. The van der Waals surface area contributed by atoms with Crippen molar-refractivity contribution in [3.05, 3.63) is 53.8 Å². The first-order valence-electron chi connectivity index (χ1n) is 7.83. The van der Waals surface area contributed by atoms with Gasteiger partial charge in [-0.15, -0.1) is 0 Å². The number of amides is 2. The fraction of sp³-hybridized carbons (Fsp3) is 0.222. The average molecular weight is 391 g/mol. The Balaban J connectivity index is 2.39. The second-order valence-corrected chi connectivity index (χ2v) is 8.29. The van der Waals surface area contributed by atoms with Gasteiger partial charge in [-0.2, -0.15) is 5.26 Å². The Labute approximate surface area is 156 Å². The lowest BCUT2D eigenvalue weighted by atomic mass is 10.1. The molecule has 2 rings (SSSR count). The Morgan fingerprint density at radius 3 is 2.33 bits per heavy atom. The lowest BCUT2D eigenvalue weighted by molar-refractivity contribution is 0.237. The molecule has 0 heterocycles. The van der Waals surface area contributed by atoms with Crippen molar-refractivity contribution in [1.29, 1.82) is 5.26 Å². The highest BCUT2D eigenvalue weighted by Crippen LogP contribution is 2.30. The van der Waals surface area contributed by atoms with E-state index in [0.717, 1.165) is 18.2 Å². The molecule has 0 aliphatic heterocycles. The number of nitrogens with zero attached hydrogens (tertiary/aromatic N) is 1. The first-order valence-corrected chi connectivity index (χ1v) is 9.31. The summed E-state index contributed by atoms with van der Waals surface area (Å²) in [5.41, 5.74) is -0.584. The topological polar surface area (TPSA) is 108 Å². The standard InChI is InChI=1S/C18H18FN3O4S/c1-18(2,3)21-17(23)22-27(24,25)16-10-12(11-20)4-9-15(16)26-14-7-5-13(19)6-8-14/h4-10H,1-3H3,(H2,21,22,23). The summed E-state index contributed by atoms with van der Waals surface area (Å²) in [7, 11) is -4.34. The van der Waals surface area contributed by atoms with E-state index in [0.29, 0.717) is 0 Å². The van der Waals surface area contributed by atoms with Crippen LogP contribution in [0, 0.1) is 17.1 Å². The van der Waals surface area contributed by atoms with Gasteiger partial charge in [-0.1, -0.05) is 0 Å². The lowest BCUT2D eigenvalue weighted by Crippen LogP contribution is -2.48. The molecule has 0 aromatic heterocycles. The number of benzene rings is 2. The predicted molar refractivity (Wildman–Crippen MR) is 96.2 cm³/mol. The van der Waals surface area contributed by atoms with Crippen LogP contribution < -0.4 is 14.8 Å². The van der Waals surface area contributed by atoms with Crippen LogP contribution in [0.5, 0.6) is 11.5 Å². The molecule has 0 fully saturated rings. The molecular formula is C18H18FN3O4S. The number of hydrogen-bond acceptors (Lipinski definition) is 5. The third-order valence-corrected chi connectivity index (χ3v) is 4.47. The molecule has 0 radical (unpaired) electrons. The van der Waals surface area contributed by atoms with E-state index in [9.17, 15) is 17.6 Å². The maximum Gasteiger partial charge on any atom is 0.329 e. The second-order valence-electron chi connectivity index (χ2n) is 6.64. The van der Waals surface area contributed by atoms with Gasteiger partial charge in [0.15, 0.2) is 0 Å². The van der Waals surface area contributed by atoms with Crippen molar-refractivity contribution in [2.75, 3.05) is 0 Å². The van der Waals surface area contributed by atoms with Crippen LogP contribution in [-0.4, -0.2) is 20.0 Å². The van der Waals surface area contributed by atoms with Gasteiger partial charge in [-0.3, -0.25) is 0 Å². The molecular weight excluding hydrogens is 373 g/mol. The van der Waals surface area contributed by atoms with E-state index in [2.05, 4.69) is 5.32 Å². The highest BCUT2D eigenvalue weighted by atomic mass is 32.2. The number of urea groups is 1. The Hall–Kier alpha value is -3.12. The Bertz CT molecular complexity index is 991. The van der Waals surface area contributed by atoms with Crippen LogP contribution in [0.4, 0.5) is 9.18 Å². The van der Waals surface area contributed by atoms with Crippen LogP contribution in [0.15, 0.2) is 47.4 Å². The molecule has 9 heteroatoms. The minimum atomic E-state index is -4.34. The SMILES string of the molecule is CC(C)(C)NC(=O)NS(=O)(=O)c1cc(C#N)ccc1Oc1ccc(F)cc1. The average Bonchev–Trinajstić information content (AvgIpc) is 2.54. The number of nitriles is 1. The van der Waals surface area contributed by atoms with E-state index < -0.39 is 32.3 Å². The number of nitrogens with one attached hydrogen (secondary N) is 2. The van der Waals surface area contributed by atoms with Crippen LogP contribution >= 0.6 is 0 Å². The highest BCUT2D eigenvalue weighted by Gasteiger charge is 2.25. The third kappa shape index (κ3) is 5.69. The summed E-state index contributed by atoms with van der Waals surface area (Å²) in [6, 6.07) is 9.62. The molecule has 0 aliphatic rings. The summed E-state index contributed by atoms with van der Waals surface area (Å²) in [5, 5.41) is 11.5. The zero-order valence-corrected chi connectivity index (χ0v) is 15.7. The van der Waals surface area contributed by atoms with Crippen LogP contribution in [-0.2, 0) is 10.0 Å². The van der Waals surface area contributed by atoms with E-state index in [-0.39, 0.29) is 17.1 Å². The van der Waals surface area contributed by atoms with E-state index in [1.54, 1.807) is 20.8 Å². The fourth-order valence-corrected chi connectivity index (χ4v) is 3.11. The zero-order valence-electron chi connectivity index (χ0n) is 14.9. The predicted octanol–water partition coefficient (Wildman–Crippen LogP) is 3.28. The summed E-state index contributed by atoms with van der Waals surface area (Å²) in [5.74, 6) is -0.399. The summed E-state index contributed by atoms with van der Waals surface area (Å²) < 4.78 is 45.7. The molecule has 2 aromatic carbocycles. The molecule has 0 bridgehead atoms. The number of carbonyl (C=O) groups is 1. The molecule has 0 spiro atoms. The van der Waals surface area contributed by atoms with Crippen molar-refractivity contribution in [1.82, 2.24) is 10.0 Å². The zero-order chi connectivity index (χ0) is 20.2. The fourth-order valence-electron chi connectivity index (χ4n) is 2.04. The number of ether oxygens (including phenoxy) is 1. The smallest absolute Gasteiger partial charge is 0.329 e. The summed E-state index contributed by atoms with van der Waals surface area (Å²) in [4.78, 5) is 11.6. The molecule has 0 saturated carbocycles. The first kappa shape index (κ1) is 20.2. The summed E-state index contributed by atoms with van der Waals surface area (Å²) >= 11 is 0. The van der Waals surface area contributed by atoms with Gasteiger partial charge in [0, 0.05) is 5.54 Å². The van der Waals surface area contributed by atoms with Gasteiger partial charge in [-0.25, -0.2) is 22.3 Å². The van der Waals surface area contributed by atoms with E-state index >= 15 is 0 Å².